The lowest BCUT2D eigenvalue weighted by Crippen LogP contribution is -2.13. The lowest BCUT2D eigenvalue weighted by Gasteiger charge is -2.15. The molecule has 5 nitrogen and oxygen atoms in total. The number of nitrogens with one attached hydrogen (secondary N) is 1. The number of nitrogens with zero attached hydrogens (tertiary/aromatic N) is 4. The molecule has 4 rings (SSSR count). The van der Waals surface area contributed by atoms with Gasteiger partial charge in [-0.15, -0.1) is 0 Å². The lowest BCUT2D eigenvalue weighted by molar-refractivity contribution is 0.487. The Morgan fingerprint density at radius 1 is 1.12 bits per heavy atom. The molecule has 0 radical (unpaired) electrons. The van der Waals surface area contributed by atoms with E-state index < -0.39 is 0 Å². The van der Waals surface area contributed by atoms with Gasteiger partial charge in [-0.2, -0.15) is 5.10 Å². The molecule has 134 valence electrons. The Labute approximate surface area is 152 Å². The number of hydrogen-bond donors (Lipinski definition) is 1. The van der Waals surface area contributed by atoms with Crippen LogP contribution < -0.4 is 5.32 Å². The smallest absolute Gasteiger partial charge is 0.223 e. The standard InChI is InChI=1S/C20H22FN5/c1-13(2)23-20-22-11-10-16(24-20)18-17-5-3-4-12-26(17)25-19(18)14-6-8-15(21)9-7-14/h6-11,13H,3-5,12H2,1-2H3,(H,22,23,24). The quantitative estimate of drug-likeness (QED) is 0.761. The van der Waals surface area contributed by atoms with Crippen LogP contribution in [0.2, 0.25) is 0 Å². The number of aromatic nitrogens is 4. The van der Waals surface area contributed by atoms with Crippen LogP contribution in [0.4, 0.5) is 10.3 Å². The van der Waals surface area contributed by atoms with Crippen molar-refractivity contribution in [3.8, 4) is 22.5 Å². The second kappa shape index (κ2) is 6.86. The molecule has 0 unspecified atom stereocenters. The van der Waals surface area contributed by atoms with Crippen molar-refractivity contribution < 1.29 is 4.39 Å². The van der Waals surface area contributed by atoms with Gasteiger partial charge < -0.3 is 5.32 Å². The molecule has 0 spiro atoms. The number of rotatable bonds is 4. The van der Waals surface area contributed by atoms with E-state index in [1.807, 2.05) is 6.07 Å². The third-order valence-corrected chi connectivity index (χ3v) is 4.54. The molecule has 26 heavy (non-hydrogen) atoms. The molecule has 6 heteroatoms. The van der Waals surface area contributed by atoms with Crippen molar-refractivity contribution in [1.82, 2.24) is 19.7 Å². The van der Waals surface area contributed by atoms with E-state index in [1.54, 1.807) is 18.3 Å². The summed E-state index contributed by atoms with van der Waals surface area (Å²) in [4.78, 5) is 9.03. The van der Waals surface area contributed by atoms with Crippen molar-refractivity contribution in [1.29, 1.82) is 0 Å². The molecule has 0 amide bonds. The minimum Gasteiger partial charge on any atom is -0.352 e. The first-order valence-electron chi connectivity index (χ1n) is 9.07. The highest BCUT2D eigenvalue weighted by molar-refractivity contribution is 5.81. The van der Waals surface area contributed by atoms with Crippen molar-refractivity contribution in [3.63, 3.8) is 0 Å². The van der Waals surface area contributed by atoms with Gasteiger partial charge in [-0.25, -0.2) is 14.4 Å². The van der Waals surface area contributed by atoms with Crippen LogP contribution in [0, 0.1) is 5.82 Å². The summed E-state index contributed by atoms with van der Waals surface area (Å²) >= 11 is 0. The number of benzene rings is 1. The first kappa shape index (κ1) is 16.7. The Hall–Kier alpha value is -2.76. The van der Waals surface area contributed by atoms with E-state index in [4.69, 9.17) is 10.1 Å². The van der Waals surface area contributed by atoms with E-state index >= 15 is 0 Å². The van der Waals surface area contributed by atoms with E-state index in [9.17, 15) is 4.39 Å². The first-order chi connectivity index (χ1) is 12.6. The van der Waals surface area contributed by atoms with Gasteiger partial charge in [0.05, 0.1) is 5.69 Å². The van der Waals surface area contributed by atoms with Gasteiger partial charge in [0.2, 0.25) is 5.95 Å². The van der Waals surface area contributed by atoms with Gasteiger partial charge in [0.25, 0.3) is 0 Å². The van der Waals surface area contributed by atoms with Crippen molar-refractivity contribution in [3.05, 3.63) is 48.0 Å². The van der Waals surface area contributed by atoms with E-state index in [1.165, 1.54) is 17.8 Å². The molecule has 0 atom stereocenters. The number of anilines is 1. The third kappa shape index (κ3) is 3.19. The van der Waals surface area contributed by atoms with E-state index in [-0.39, 0.29) is 11.9 Å². The summed E-state index contributed by atoms with van der Waals surface area (Å²) in [7, 11) is 0. The molecule has 3 heterocycles. The Morgan fingerprint density at radius 3 is 2.69 bits per heavy atom. The fraction of sp³-hybridized carbons (Fsp3) is 0.350. The second-order valence-corrected chi connectivity index (χ2v) is 6.92. The van der Waals surface area contributed by atoms with Crippen molar-refractivity contribution in [2.24, 2.45) is 0 Å². The maximum Gasteiger partial charge on any atom is 0.223 e. The molecule has 0 bridgehead atoms. The summed E-state index contributed by atoms with van der Waals surface area (Å²) in [6.45, 7) is 5.02. The molecule has 1 N–H and O–H groups in total. The Balaban J connectivity index is 1.86. The predicted molar refractivity (Wildman–Crippen MR) is 100 cm³/mol. The summed E-state index contributed by atoms with van der Waals surface area (Å²) in [5, 5.41) is 8.09. The van der Waals surface area contributed by atoms with Crippen LogP contribution in [0.25, 0.3) is 22.5 Å². The highest BCUT2D eigenvalue weighted by Crippen LogP contribution is 2.36. The maximum absolute atomic E-state index is 13.4. The van der Waals surface area contributed by atoms with Crippen LogP contribution in [-0.2, 0) is 13.0 Å². The van der Waals surface area contributed by atoms with Gasteiger partial charge in [0, 0.05) is 35.6 Å². The molecule has 0 aliphatic carbocycles. The fourth-order valence-electron chi connectivity index (χ4n) is 3.39. The van der Waals surface area contributed by atoms with Gasteiger partial charge >= 0.3 is 0 Å². The molecular weight excluding hydrogens is 329 g/mol. The van der Waals surface area contributed by atoms with Crippen LogP contribution in [0.15, 0.2) is 36.5 Å². The SMILES string of the molecule is CC(C)Nc1nccc(-c2c(-c3ccc(F)cc3)nn3c2CCCC3)n1. The normalized spacial score (nSPS) is 13.7. The average molecular weight is 351 g/mol. The Morgan fingerprint density at radius 2 is 1.92 bits per heavy atom. The van der Waals surface area contributed by atoms with Crippen LogP contribution in [0.1, 0.15) is 32.4 Å². The van der Waals surface area contributed by atoms with E-state index in [2.05, 4.69) is 28.8 Å². The van der Waals surface area contributed by atoms with Gasteiger partial charge in [-0.3, -0.25) is 4.68 Å². The summed E-state index contributed by atoms with van der Waals surface area (Å²) in [5.74, 6) is 0.364. The second-order valence-electron chi connectivity index (χ2n) is 6.92. The van der Waals surface area contributed by atoms with Crippen LogP contribution in [-0.4, -0.2) is 25.8 Å². The molecule has 0 saturated heterocycles. The topological polar surface area (TPSA) is 55.6 Å². The van der Waals surface area contributed by atoms with Gasteiger partial charge in [0.15, 0.2) is 0 Å². The number of aryl methyl sites for hydroxylation is 1. The van der Waals surface area contributed by atoms with E-state index in [0.29, 0.717) is 5.95 Å². The Kier molecular flexibility index (Phi) is 4.41. The average Bonchev–Trinajstić information content (AvgIpc) is 3.01. The van der Waals surface area contributed by atoms with Gasteiger partial charge in [-0.1, -0.05) is 0 Å². The molecule has 1 aromatic carbocycles. The highest BCUT2D eigenvalue weighted by atomic mass is 19.1. The predicted octanol–water partition coefficient (Wildman–Crippen LogP) is 4.30. The first-order valence-corrected chi connectivity index (χ1v) is 9.07. The Bertz CT molecular complexity index is 914. The lowest BCUT2D eigenvalue weighted by atomic mass is 9.99. The molecule has 1 aliphatic heterocycles. The van der Waals surface area contributed by atoms with Crippen molar-refractivity contribution in [2.45, 2.75) is 45.7 Å². The van der Waals surface area contributed by atoms with Gasteiger partial charge in [-0.05, 0) is 63.4 Å². The number of fused-ring (bicyclic) bond motifs is 1. The molecule has 1 aliphatic rings. The molecular formula is C20H22FN5. The monoisotopic (exact) mass is 351 g/mol. The van der Waals surface area contributed by atoms with E-state index in [0.717, 1.165) is 48.3 Å². The number of halogens is 1. The summed E-state index contributed by atoms with van der Waals surface area (Å²) in [6.07, 6.45) is 5.01. The molecule has 2 aromatic heterocycles. The zero-order valence-electron chi connectivity index (χ0n) is 15.0. The van der Waals surface area contributed by atoms with Crippen LogP contribution in [0.3, 0.4) is 0 Å². The minimum atomic E-state index is -0.246. The summed E-state index contributed by atoms with van der Waals surface area (Å²) < 4.78 is 15.5. The maximum atomic E-state index is 13.4. The van der Waals surface area contributed by atoms with Crippen LogP contribution in [0.5, 0.6) is 0 Å². The zero-order valence-corrected chi connectivity index (χ0v) is 15.0. The minimum absolute atomic E-state index is 0.246. The highest BCUT2D eigenvalue weighted by Gasteiger charge is 2.23. The summed E-state index contributed by atoms with van der Waals surface area (Å²) in [5.41, 5.74) is 4.84. The van der Waals surface area contributed by atoms with Crippen molar-refractivity contribution in [2.75, 3.05) is 5.32 Å². The zero-order chi connectivity index (χ0) is 18.1. The summed E-state index contributed by atoms with van der Waals surface area (Å²) in [6, 6.07) is 8.68. The molecule has 0 fully saturated rings. The molecule has 3 aromatic rings. The van der Waals surface area contributed by atoms with Gasteiger partial charge in [0.1, 0.15) is 11.5 Å². The third-order valence-electron chi connectivity index (χ3n) is 4.54. The number of hydrogen-bond acceptors (Lipinski definition) is 4. The van der Waals surface area contributed by atoms with Crippen LogP contribution >= 0.6 is 0 Å². The fourth-order valence-corrected chi connectivity index (χ4v) is 3.39. The largest absolute Gasteiger partial charge is 0.352 e. The molecule has 0 saturated carbocycles. The van der Waals surface area contributed by atoms with Crippen molar-refractivity contribution >= 4 is 5.95 Å².